The molecular weight excluding hydrogens is 174 g/mol. The molecule has 0 amide bonds. The average molecular weight is 189 g/mol. The van der Waals surface area contributed by atoms with Crippen molar-refractivity contribution in [3.05, 3.63) is 0 Å². The van der Waals surface area contributed by atoms with E-state index in [-0.39, 0.29) is 6.04 Å². The van der Waals surface area contributed by atoms with Crippen LogP contribution in [0.4, 0.5) is 0 Å². The molecule has 1 aliphatic heterocycles. The van der Waals surface area contributed by atoms with Crippen LogP contribution in [-0.2, 0) is 4.79 Å². The van der Waals surface area contributed by atoms with E-state index < -0.39 is 5.97 Å². The van der Waals surface area contributed by atoms with Crippen molar-refractivity contribution in [3.8, 4) is 0 Å². The van der Waals surface area contributed by atoms with E-state index >= 15 is 0 Å². The number of carboxylic acid groups (broad SMARTS) is 1. The van der Waals surface area contributed by atoms with Crippen LogP contribution in [0, 0.1) is 0 Å². The van der Waals surface area contributed by atoms with Gasteiger partial charge in [-0.1, -0.05) is 19.8 Å². The number of hydrogen-bond donors (Lipinski definition) is 2. The molecule has 0 aliphatic carbocycles. The van der Waals surface area contributed by atoms with Gasteiger partial charge < -0.3 is 5.11 Å². The lowest BCUT2D eigenvalue weighted by atomic mass is 10.2. The molecular formula is C8H15NO2S. The van der Waals surface area contributed by atoms with Crippen molar-refractivity contribution < 1.29 is 9.90 Å². The summed E-state index contributed by atoms with van der Waals surface area (Å²) in [5.41, 5.74) is 0. The summed E-state index contributed by atoms with van der Waals surface area (Å²) in [6.07, 6.45) is 3.44. The minimum Gasteiger partial charge on any atom is -0.480 e. The maximum atomic E-state index is 10.5. The van der Waals surface area contributed by atoms with Crippen LogP contribution in [0.25, 0.3) is 0 Å². The number of carboxylic acids is 1. The Bertz CT molecular complexity index is 163. The van der Waals surface area contributed by atoms with E-state index in [1.165, 1.54) is 12.8 Å². The van der Waals surface area contributed by atoms with Crippen molar-refractivity contribution in [1.29, 1.82) is 0 Å². The number of carbonyl (C=O) groups is 1. The van der Waals surface area contributed by atoms with Gasteiger partial charge in [0.25, 0.3) is 0 Å². The maximum Gasteiger partial charge on any atom is 0.321 e. The van der Waals surface area contributed by atoms with Crippen LogP contribution in [0.1, 0.15) is 26.2 Å². The second-order valence-electron chi connectivity index (χ2n) is 3.02. The standard InChI is InChI=1S/C8H15NO2S/c1-2-3-4-7-9-6(5-12-7)8(10)11/h6-7,9H,2-5H2,1H3,(H,10,11)/t6-,7?/m1/s1. The Morgan fingerprint density at radius 3 is 3.00 bits per heavy atom. The van der Waals surface area contributed by atoms with Gasteiger partial charge in [0.05, 0.1) is 5.37 Å². The zero-order valence-electron chi connectivity index (χ0n) is 7.25. The van der Waals surface area contributed by atoms with Gasteiger partial charge in [-0.05, 0) is 6.42 Å². The van der Waals surface area contributed by atoms with Crippen LogP contribution < -0.4 is 5.32 Å². The molecule has 1 saturated heterocycles. The first-order valence-corrected chi connectivity index (χ1v) is 5.39. The van der Waals surface area contributed by atoms with E-state index in [0.29, 0.717) is 11.1 Å². The number of hydrogen-bond acceptors (Lipinski definition) is 3. The van der Waals surface area contributed by atoms with Gasteiger partial charge in [0, 0.05) is 5.75 Å². The van der Waals surface area contributed by atoms with Crippen LogP contribution in [0.3, 0.4) is 0 Å². The van der Waals surface area contributed by atoms with Crippen molar-refractivity contribution in [2.45, 2.75) is 37.6 Å². The highest BCUT2D eigenvalue weighted by molar-refractivity contribution is 8.00. The topological polar surface area (TPSA) is 49.3 Å². The Kier molecular flexibility index (Phi) is 3.88. The highest BCUT2D eigenvalue weighted by atomic mass is 32.2. The molecule has 1 rings (SSSR count). The Morgan fingerprint density at radius 1 is 1.75 bits per heavy atom. The molecule has 1 heterocycles. The summed E-state index contributed by atoms with van der Waals surface area (Å²) >= 11 is 1.73. The van der Waals surface area contributed by atoms with Gasteiger partial charge in [-0.15, -0.1) is 11.8 Å². The molecule has 0 radical (unpaired) electrons. The van der Waals surface area contributed by atoms with Gasteiger partial charge in [0.2, 0.25) is 0 Å². The van der Waals surface area contributed by atoms with Crippen LogP contribution in [0.15, 0.2) is 0 Å². The highest BCUT2D eigenvalue weighted by Crippen LogP contribution is 2.22. The first kappa shape index (κ1) is 9.86. The lowest BCUT2D eigenvalue weighted by Crippen LogP contribution is -2.36. The van der Waals surface area contributed by atoms with Crippen molar-refractivity contribution in [1.82, 2.24) is 5.32 Å². The molecule has 70 valence electrons. The molecule has 0 spiro atoms. The summed E-state index contributed by atoms with van der Waals surface area (Å²) in [7, 11) is 0. The summed E-state index contributed by atoms with van der Waals surface area (Å²) in [5.74, 6) is -0.00882. The molecule has 1 fully saturated rings. The average Bonchev–Trinajstić information content (AvgIpc) is 2.48. The monoisotopic (exact) mass is 189 g/mol. The summed E-state index contributed by atoms with van der Waals surface area (Å²) in [4.78, 5) is 10.5. The summed E-state index contributed by atoms with van der Waals surface area (Å²) in [6, 6.07) is -0.322. The number of unbranched alkanes of at least 4 members (excludes halogenated alkanes) is 1. The number of nitrogens with one attached hydrogen (secondary N) is 1. The smallest absolute Gasteiger partial charge is 0.321 e. The first-order chi connectivity index (χ1) is 5.74. The molecule has 1 aliphatic rings. The Morgan fingerprint density at radius 2 is 2.50 bits per heavy atom. The molecule has 0 aromatic rings. The largest absolute Gasteiger partial charge is 0.480 e. The molecule has 3 nitrogen and oxygen atoms in total. The maximum absolute atomic E-state index is 10.5. The fraction of sp³-hybridized carbons (Fsp3) is 0.875. The first-order valence-electron chi connectivity index (χ1n) is 4.34. The molecule has 4 heteroatoms. The summed E-state index contributed by atoms with van der Waals surface area (Å²) in [5, 5.41) is 12.1. The van der Waals surface area contributed by atoms with Crippen LogP contribution in [-0.4, -0.2) is 28.2 Å². The van der Waals surface area contributed by atoms with Crippen LogP contribution in [0.2, 0.25) is 0 Å². The second-order valence-corrected chi connectivity index (χ2v) is 4.26. The molecule has 2 N–H and O–H groups in total. The van der Waals surface area contributed by atoms with E-state index in [1.54, 1.807) is 11.8 Å². The third-order valence-corrected chi connectivity index (χ3v) is 3.27. The Balaban J connectivity index is 2.21. The molecule has 0 aromatic heterocycles. The lowest BCUT2D eigenvalue weighted by Gasteiger charge is -2.09. The van der Waals surface area contributed by atoms with E-state index in [9.17, 15) is 4.79 Å². The highest BCUT2D eigenvalue weighted by Gasteiger charge is 2.28. The van der Waals surface area contributed by atoms with Crippen molar-refractivity contribution >= 4 is 17.7 Å². The zero-order chi connectivity index (χ0) is 8.97. The second kappa shape index (κ2) is 4.72. The normalized spacial score (nSPS) is 29.1. The van der Waals surface area contributed by atoms with Gasteiger partial charge in [-0.3, -0.25) is 10.1 Å². The zero-order valence-corrected chi connectivity index (χ0v) is 8.06. The molecule has 12 heavy (non-hydrogen) atoms. The summed E-state index contributed by atoms with van der Waals surface area (Å²) in [6.45, 7) is 2.15. The molecule has 1 unspecified atom stereocenters. The third kappa shape index (κ3) is 2.68. The lowest BCUT2D eigenvalue weighted by molar-refractivity contribution is -0.138. The number of thioether (sulfide) groups is 1. The van der Waals surface area contributed by atoms with E-state index in [2.05, 4.69) is 12.2 Å². The molecule has 0 bridgehead atoms. The fourth-order valence-corrected chi connectivity index (χ4v) is 2.49. The number of rotatable bonds is 4. The SMILES string of the molecule is CCCCC1N[C@@H](C(=O)O)CS1. The Labute approximate surface area is 76.9 Å². The van der Waals surface area contributed by atoms with Crippen LogP contribution in [0.5, 0.6) is 0 Å². The van der Waals surface area contributed by atoms with Crippen LogP contribution >= 0.6 is 11.8 Å². The van der Waals surface area contributed by atoms with Gasteiger partial charge in [0.15, 0.2) is 0 Å². The van der Waals surface area contributed by atoms with Gasteiger partial charge >= 0.3 is 5.97 Å². The summed E-state index contributed by atoms with van der Waals surface area (Å²) < 4.78 is 0. The van der Waals surface area contributed by atoms with E-state index in [4.69, 9.17) is 5.11 Å². The predicted octanol–water partition coefficient (Wildman–Crippen LogP) is 1.29. The molecule has 2 atom stereocenters. The number of aliphatic carboxylic acids is 1. The predicted molar refractivity (Wildman–Crippen MR) is 50.3 cm³/mol. The van der Waals surface area contributed by atoms with E-state index in [1.807, 2.05) is 0 Å². The van der Waals surface area contributed by atoms with Gasteiger partial charge in [0.1, 0.15) is 6.04 Å². The van der Waals surface area contributed by atoms with Crippen molar-refractivity contribution in [2.75, 3.05) is 5.75 Å². The van der Waals surface area contributed by atoms with Crippen molar-refractivity contribution in [2.24, 2.45) is 0 Å². The Hall–Kier alpha value is -0.220. The minimum atomic E-state index is -0.721. The van der Waals surface area contributed by atoms with Crippen molar-refractivity contribution in [3.63, 3.8) is 0 Å². The fourth-order valence-electron chi connectivity index (χ4n) is 1.23. The molecule has 0 aromatic carbocycles. The minimum absolute atomic E-state index is 0.322. The van der Waals surface area contributed by atoms with Gasteiger partial charge in [-0.25, -0.2) is 0 Å². The third-order valence-electron chi connectivity index (χ3n) is 1.97. The van der Waals surface area contributed by atoms with E-state index in [0.717, 1.165) is 6.42 Å². The quantitative estimate of drug-likeness (QED) is 0.699. The molecule has 0 saturated carbocycles. The van der Waals surface area contributed by atoms with Gasteiger partial charge in [-0.2, -0.15) is 0 Å².